The van der Waals surface area contributed by atoms with Crippen LogP contribution in [0.5, 0.6) is 5.75 Å². The van der Waals surface area contributed by atoms with Gasteiger partial charge in [-0.15, -0.1) is 0 Å². The van der Waals surface area contributed by atoms with Crippen molar-refractivity contribution < 1.29 is 14.1 Å². The number of nitrogens with zero attached hydrogens (tertiary/aromatic N) is 3. The van der Waals surface area contributed by atoms with E-state index in [4.69, 9.17) is 9.26 Å². The van der Waals surface area contributed by atoms with E-state index in [1.165, 1.54) is 12.8 Å². The highest BCUT2D eigenvalue weighted by Crippen LogP contribution is 2.32. The van der Waals surface area contributed by atoms with Crippen LogP contribution in [-0.4, -0.2) is 41.1 Å². The van der Waals surface area contributed by atoms with E-state index in [1.807, 2.05) is 29.2 Å². The van der Waals surface area contributed by atoms with E-state index < -0.39 is 0 Å². The molecule has 6 nitrogen and oxygen atoms in total. The molecule has 26 heavy (non-hydrogen) atoms. The molecule has 2 fully saturated rings. The summed E-state index contributed by atoms with van der Waals surface area (Å²) in [5, 5.41) is 4.13. The van der Waals surface area contributed by atoms with Gasteiger partial charge in [-0.1, -0.05) is 30.1 Å². The van der Waals surface area contributed by atoms with Crippen LogP contribution in [0.15, 0.2) is 28.8 Å². The van der Waals surface area contributed by atoms with Crippen molar-refractivity contribution in [3.8, 4) is 17.1 Å². The Bertz CT molecular complexity index is 759. The lowest BCUT2D eigenvalue weighted by atomic mass is 9.95. The van der Waals surface area contributed by atoms with Gasteiger partial charge in [0.05, 0.1) is 7.11 Å². The fourth-order valence-electron chi connectivity index (χ4n) is 4.06. The predicted molar refractivity (Wildman–Crippen MR) is 96.8 cm³/mol. The molecule has 138 valence electrons. The molecular weight excluding hydrogens is 330 g/mol. The Kier molecular flexibility index (Phi) is 4.91. The van der Waals surface area contributed by atoms with Gasteiger partial charge in [0.1, 0.15) is 5.75 Å². The van der Waals surface area contributed by atoms with E-state index in [1.54, 1.807) is 7.11 Å². The summed E-state index contributed by atoms with van der Waals surface area (Å²) in [6, 6.07) is 7.65. The number of amides is 1. The quantitative estimate of drug-likeness (QED) is 0.837. The fraction of sp³-hybridized carbons (Fsp3) is 0.550. The second-order valence-corrected chi connectivity index (χ2v) is 7.27. The maximum absolute atomic E-state index is 12.6. The molecule has 0 bridgehead atoms. The monoisotopic (exact) mass is 355 g/mol. The fourth-order valence-corrected chi connectivity index (χ4v) is 4.06. The number of likely N-dealkylation sites (tertiary alicyclic amines) is 1. The topological polar surface area (TPSA) is 68.5 Å². The molecule has 1 aromatic heterocycles. The second kappa shape index (κ2) is 7.48. The van der Waals surface area contributed by atoms with Crippen LogP contribution in [0.4, 0.5) is 0 Å². The van der Waals surface area contributed by atoms with E-state index in [2.05, 4.69) is 10.1 Å². The number of piperidine rings is 1. The zero-order valence-corrected chi connectivity index (χ0v) is 15.2. The lowest BCUT2D eigenvalue weighted by molar-refractivity contribution is -0.136. The molecule has 0 unspecified atom stereocenters. The number of ether oxygens (including phenoxy) is 1. The van der Waals surface area contributed by atoms with Crippen LogP contribution in [-0.2, 0) is 4.79 Å². The number of benzene rings is 1. The zero-order chi connectivity index (χ0) is 17.9. The van der Waals surface area contributed by atoms with Crippen LogP contribution in [0.1, 0.15) is 50.3 Å². The standard InChI is InChI=1S/C20H25N3O3/c1-25-17-8-4-7-16(13-17)18-21-19(26-22-18)14-9-11-23(12-10-14)20(24)15-5-2-3-6-15/h4,7-8,13-15H,2-3,5-6,9-12H2,1H3. The molecule has 2 aromatic rings. The number of aromatic nitrogens is 2. The van der Waals surface area contributed by atoms with Crippen LogP contribution in [0.25, 0.3) is 11.4 Å². The van der Waals surface area contributed by atoms with E-state index in [9.17, 15) is 4.79 Å². The highest BCUT2D eigenvalue weighted by atomic mass is 16.5. The SMILES string of the molecule is COc1cccc(-c2noc(C3CCN(C(=O)C4CCCC4)CC3)n2)c1. The first-order valence-electron chi connectivity index (χ1n) is 9.51. The number of carbonyl (C=O) groups excluding carboxylic acids is 1. The van der Waals surface area contributed by atoms with Gasteiger partial charge in [-0.25, -0.2) is 0 Å². The van der Waals surface area contributed by atoms with Crippen LogP contribution in [0, 0.1) is 5.92 Å². The summed E-state index contributed by atoms with van der Waals surface area (Å²) < 4.78 is 10.8. The molecule has 1 aliphatic heterocycles. The largest absolute Gasteiger partial charge is 0.497 e. The summed E-state index contributed by atoms with van der Waals surface area (Å²) >= 11 is 0. The van der Waals surface area contributed by atoms with Crippen molar-refractivity contribution in [3.63, 3.8) is 0 Å². The summed E-state index contributed by atoms with van der Waals surface area (Å²) in [6.07, 6.45) is 6.29. The van der Waals surface area contributed by atoms with Crippen molar-refractivity contribution in [1.82, 2.24) is 15.0 Å². The Morgan fingerprint density at radius 1 is 1.19 bits per heavy atom. The van der Waals surface area contributed by atoms with E-state index >= 15 is 0 Å². The van der Waals surface area contributed by atoms with Crippen molar-refractivity contribution >= 4 is 5.91 Å². The molecule has 6 heteroatoms. The molecular formula is C20H25N3O3. The summed E-state index contributed by atoms with van der Waals surface area (Å²) in [4.78, 5) is 19.2. The number of carbonyl (C=O) groups is 1. The second-order valence-electron chi connectivity index (χ2n) is 7.27. The van der Waals surface area contributed by atoms with Gasteiger partial charge in [0, 0.05) is 30.5 Å². The van der Waals surface area contributed by atoms with E-state index in [-0.39, 0.29) is 11.8 Å². The van der Waals surface area contributed by atoms with Gasteiger partial charge in [0.15, 0.2) is 0 Å². The minimum Gasteiger partial charge on any atom is -0.497 e. The van der Waals surface area contributed by atoms with Gasteiger partial charge in [-0.2, -0.15) is 4.98 Å². The lowest BCUT2D eigenvalue weighted by Gasteiger charge is -2.32. The average molecular weight is 355 g/mol. The number of rotatable bonds is 4. The number of methoxy groups -OCH3 is 1. The molecule has 2 heterocycles. The van der Waals surface area contributed by atoms with Crippen molar-refractivity contribution in [2.24, 2.45) is 5.92 Å². The first-order valence-corrected chi connectivity index (χ1v) is 9.51. The van der Waals surface area contributed by atoms with Gasteiger partial charge in [0.2, 0.25) is 17.6 Å². The number of hydrogen-bond acceptors (Lipinski definition) is 5. The van der Waals surface area contributed by atoms with Gasteiger partial charge in [-0.3, -0.25) is 4.79 Å². The van der Waals surface area contributed by atoms with Gasteiger partial charge < -0.3 is 14.2 Å². The van der Waals surface area contributed by atoms with Gasteiger partial charge in [-0.05, 0) is 37.8 Å². The molecule has 0 N–H and O–H groups in total. The first kappa shape index (κ1) is 17.1. The van der Waals surface area contributed by atoms with Crippen molar-refractivity contribution in [2.45, 2.75) is 44.4 Å². The van der Waals surface area contributed by atoms with Crippen LogP contribution in [0.3, 0.4) is 0 Å². The molecule has 1 aromatic carbocycles. The molecule has 1 saturated heterocycles. The molecule has 0 radical (unpaired) electrons. The Labute approximate surface area is 153 Å². The molecule has 4 rings (SSSR count). The summed E-state index contributed by atoms with van der Waals surface area (Å²) in [7, 11) is 1.64. The van der Waals surface area contributed by atoms with Crippen LogP contribution >= 0.6 is 0 Å². The molecule has 1 amide bonds. The third-order valence-corrected chi connectivity index (χ3v) is 5.63. The highest BCUT2D eigenvalue weighted by Gasteiger charge is 2.32. The minimum absolute atomic E-state index is 0.231. The average Bonchev–Trinajstić information content (AvgIpc) is 3.40. The molecule has 0 atom stereocenters. The third-order valence-electron chi connectivity index (χ3n) is 5.63. The van der Waals surface area contributed by atoms with Gasteiger partial charge >= 0.3 is 0 Å². The Hall–Kier alpha value is -2.37. The maximum atomic E-state index is 12.6. The number of hydrogen-bond donors (Lipinski definition) is 0. The zero-order valence-electron chi connectivity index (χ0n) is 15.2. The van der Waals surface area contributed by atoms with E-state index in [0.717, 1.165) is 50.1 Å². The summed E-state index contributed by atoms with van der Waals surface area (Å²) in [5.41, 5.74) is 0.883. The molecule has 1 saturated carbocycles. The Morgan fingerprint density at radius 2 is 1.96 bits per heavy atom. The normalized spacial score (nSPS) is 19.0. The van der Waals surface area contributed by atoms with Crippen molar-refractivity contribution in [2.75, 3.05) is 20.2 Å². The van der Waals surface area contributed by atoms with Gasteiger partial charge in [0.25, 0.3) is 0 Å². The van der Waals surface area contributed by atoms with Crippen LogP contribution in [0.2, 0.25) is 0 Å². The maximum Gasteiger partial charge on any atom is 0.230 e. The van der Waals surface area contributed by atoms with Crippen molar-refractivity contribution in [3.05, 3.63) is 30.2 Å². The van der Waals surface area contributed by atoms with E-state index in [0.29, 0.717) is 17.6 Å². The summed E-state index contributed by atoms with van der Waals surface area (Å²) in [6.45, 7) is 1.58. The third kappa shape index (κ3) is 3.45. The molecule has 1 aliphatic carbocycles. The molecule has 0 spiro atoms. The first-order chi connectivity index (χ1) is 12.7. The molecule has 2 aliphatic rings. The lowest BCUT2D eigenvalue weighted by Crippen LogP contribution is -2.40. The summed E-state index contributed by atoms with van der Waals surface area (Å²) in [5.74, 6) is 2.87. The van der Waals surface area contributed by atoms with Crippen LogP contribution < -0.4 is 4.74 Å². The van der Waals surface area contributed by atoms with Crippen molar-refractivity contribution in [1.29, 1.82) is 0 Å². The highest BCUT2D eigenvalue weighted by molar-refractivity contribution is 5.79. The Balaban J connectivity index is 1.39. The predicted octanol–water partition coefficient (Wildman–Crippen LogP) is 3.64. The smallest absolute Gasteiger partial charge is 0.230 e. The minimum atomic E-state index is 0.231. The Morgan fingerprint density at radius 3 is 2.69 bits per heavy atom.